The third kappa shape index (κ3) is 3.96. The molecule has 148 valence electrons. The number of esters is 2. The van der Waals surface area contributed by atoms with Crippen molar-refractivity contribution in [3.05, 3.63) is 59.7 Å². The van der Waals surface area contributed by atoms with Crippen LogP contribution >= 0.6 is 0 Å². The molecule has 0 unspecified atom stereocenters. The highest BCUT2D eigenvalue weighted by Gasteiger charge is 2.42. The van der Waals surface area contributed by atoms with Crippen LogP contribution in [0.25, 0.3) is 11.1 Å². The van der Waals surface area contributed by atoms with E-state index in [2.05, 4.69) is 48.5 Å². The molecule has 0 aromatic heterocycles. The Kier molecular flexibility index (Phi) is 6.50. The number of unbranched alkanes of at least 4 members (excludes halogenated alkanes) is 2. The summed E-state index contributed by atoms with van der Waals surface area (Å²) in [5.41, 5.74) is 4.93. The van der Waals surface area contributed by atoms with Crippen molar-refractivity contribution in [2.75, 3.05) is 14.2 Å². The van der Waals surface area contributed by atoms with Gasteiger partial charge in [-0.25, -0.2) is 0 Å². The van der Waals surface area contributed by atoms with Gasteiger partial charge in [-0.15, -0.1) is 0 Å². The van der Waals surface area contributed by atoms with E-state index in [4.69, 9.17) is 9.47 Å². The lowest BCUT2D eigenvalue weighted by atomic mass is 9.71. The van der Waals surface area contributed by atoms with Gasteiger partial charge in [0.2, 0.25) is 0 Å². The zero-order valence-corrected chi connectivity index (χ0v) is 16.7. The van der Waals surface area contributed by atoms with Gasteiger partial charge in [0, 0.05) is 18.3 Å². The smallest absolute Gasteiger partial charge is 0.305 e. The third-order valence-corrected chi connectivity index (χ3v) is 5.87. The molecule has 0 N–H and O–H groups in total. The zero-order chi connectivity index (χ0) is 20.0. The van der Waals surface area contributed by atoms with Crippen molar-refractivity contribution >= 4 is 11.9 Å². The van der Waals surface area contributed by atoms with Gasteiger partial charge in [-0.05, 0) is 41.5 Å². The van der Waals surface area contributed by atoms with E-state index in [1.165, 1.54) is 36.5 Å². The molecule has 2 aromatic rings. The van der Waals surface area contributed by atoms with Crippen molar-refractivity contribution in [1.82, 2.24) is 0 Å². The SMILES string of the molecule is COC(=O)CCCCCC1(CCC(=O)OC)c2ccccc2-c2ccccc21. The summed E-state index contributed by atoms with van der Waals surface area (Å²) in [4.78, 5) is 23.3. The number of benzene rings is 2. The van der Waals surface area contributed by atoms with E-state index < -0.39 is 0 Å². The Labute approximate surface area is 166 Å². The minimum absolute atomic E-state index is 0.156. The second-order valence-electron chi connectivity index (χ2n) is 7.39. The number of ether oxygens (including phenoxy) is 2. The van der Waals surface area contributed by atoms with Gasteiger partial charge in [0.25, 0.3) is 0 Å². The van der Waals surface area contributed by atoms with Gasteiger partial charge in [-0.2, -0.15) is 0 Å². The Bertz CT molecular complexity index is 795. The first-order chi connectivity index (χ1) is 13.6. The normalized spacial score (nSPS) is 13.5. The van der Waals surface area contributed by atoms with Crippen LogP contribution < -0.4 is 0 Å². The maximum absolute atomic E-state index is 11.9. The van der Waals surface area contributed by atoms with E-state index in [9.17, 15) is 9.59 Å². The van der Waals surface area contributed by atoms with Crippen LogP contribution in [0.3, 0.4) is 0 Å². The van der Waals surface area contributed by atoms with E-state index in [0.717, 1.165) is 32.1 Å². The number of methoxy groups -OCH3 is 2. The molecule has 1 aliphatic carbocycles. The topological polar surface area (TPSA) is 52.6 Å². The average molecular weight is 380 g/mol. The summed E-state index contributed by atoms with van der Waals surface area (Å²) in [5.74, 6) is -0.330. The molecule has 0 amide bonds. The van der Waals surface area contributed by atoms with Crippen LogP contribution in [-0.4, -0.2) is 26.2 Å². The van der Waals surface area contributed by atoms with Gasteiger partial charge in [-0.3, -0.25) is 9.59 Å². The lowest BCUT2D eigenvalue weighted by molar-refractivity contribution is -0.141. The summed E-state index contributed by atoms with van der Waals surface area (Å²) >= 11 is 0. The van der Waals surface area contributed by atoms with Crippen molar-refractivity contribution in [2.24, 2.45) is 0 Å². The Morgan fingerprint density at radius 3 is 1.82 bits per heavy atom. The van der Waals surface area contributed by atoms with E-state index in [0.29, 0.717) is 12.8 Å². The molecule has 0 bridgehead atoms. The van der Waals surface area contributed by atoms with Gasteiger partial charge in [0.1, 0.15) is 0 Å². The predicted molar refractivity (Wildman–Crippen MR) is 109 cm³/mol. The van der Waals surface area contributed by atoms with E-state index in [1.807, 2.05) is 0 Å². The predicted octanol–water partition coefficient (Wildman–Crippen LogP) is 5.03. The molecule has 2 aromatic carbocycles. The highest BCUT2D eigenvalue weighted by atomic mass is 16.5. The fraction of sp³-hybridized carbons (Fsp3) is 0.417. The Morgan fingerprint density at radius 1 is 0.714 bits per heavy atom. The minimum Gasteiger partial charge on any atom is -0.469 e. The summed E-state index contributed by atoms with van der Waals surface area (Å²) in [5, 5.41) is 0. The quantitative estimate of drug-likeness (QED) is 0.452. The average Bonchev–Trinajstić information content (AvgIpc) is 3.02. The molecule has 0 saturated heterocycles. The van der Waals surface area contributed by atoms with Gasteiger partial charge in [-0.1, -0.05) is 61.4 Å². The van der Waals surface area contributed by atoms with E-state index in [1.54, 1.807) is 0 Å². The van der Waals surface area contributed by atoms with Gasteiger partial charge in [0.15, 0.2) is 0 Å². The van der Waals surface area contributed by atoms with Crippen LogP contribution in [0.1, 0.15) is 56.1 Å². The molecule has 0 saturated carbocycles. The monoisotopic (exact) mass is 380 g/mol. The first-order valence-electron chi connectivity index (χ1n) is 9.95. The molecule has 4 heteroatoms. The van der Waals surface area contributed by atoms with Gasteiger partial charge in [0.05, 0.1) is 14.2 Å². The second kappa shape index (κ2) is 9.05. The number of carbonyl (C=O) groups excluding carboxylic acids is 2. The maximum Gasteiger partial charge on any atom is 0.305 e. The van der Waals surface area contributed by atoms with Crippen LogP contribution in [-0.2, 0) is 24.5 Å². The van der Waals surface area contributed by atoms with Crippen LogP contribution in [0.15, 0.2) is 48.5 Å². The second-order valence-corrected chi connectivity index (χ2v) is 7.39. The Balaban J connectivity index is 1.86. The highest BCUT2D eigenvalue weighted by molar-refractivity contribution is 5.81. The molecule has 1 aliphatic rings. The number of hydrogen-bond acceptors (Lipinski definition) is 4. The number of hydrogen-bond donors (Lipinski definition) is 0. The molecule has 3 rings (SSSR count). The van der Waals surface area contributed by atoms with Crippen LogP contribution in [0.5, 0.6) is 0 Å². The lowest BCUT2D eigenvalue weighted by Gasteiger charge is -2.32. The summed E-state index contributed by atoms with van der Waals surface area (Å²) in [6, 6.07) is 17.0. The largest absolute Gasteiger partial charge is 0.469 e. The number of fused-ring (bicyclic) bond motifs is 3. The number of rotatable bonds is 9. The molecule has 0 aliphatic heterocycles. The zero-order valence-electron chi connectivity index (χ0n) is 16.7. The Hall–Kier alpha value is -2.62. The molecule has 4 nitrogen and oxygen atoms in total. The van der Waals surface area contributed by atoms with Crippen LogP contribution in [0, 0.1) is 0 Å². The fourth-order valence-electron chi connectivity index (χ4n) is 4.47. The summed E-state index contributed by atoms with van der Waals surface area (Å²) in [7, 11) is 2.87. The molecular weight excluding hydrogens is 352 g/mol. The molecule has 28 heavy (non-hydrogen) atoms. The van der Waals surface area contributed by atoms with E-state index in [-0.39, 0.29) is 17.4 Å². The fourth-order valence-corrected chi connectivity index (χ4v) is 4.47. The molecule has 0 spiro atoms. The maximum atomic E-state index is 11.9. The molecule has 0 radical (unpaired) electrons. The van der Waals surface area contributed by atoms with Crippen molar-refractivity contribution in [3.8, 4) is 11.1 Å². The molecule has 0 heterocycles. The first-order valence-corrected chi connectivity index (χ1v) is 9.95. The van der Waals surface area contributed by atoms with Crippen molar-refractivity contribution < 1.29 is 19.1 Å². The van der Waals surface area contributed by atoms with Crippen LogP contribution in [0.4, 0.5) is 0 Å². The lowest BCUT2D eigenvalue weighted by Crippen LogP contribution is -2.26. The molecular formula is C24H28O4. The first kappa shape index (κ1) is 20.1. The van der Waals surface area contributed by atoms with Crippen molar-refractivity contribution in [1.29, 1.82) is 0 Å². The van der Waals surface area contributed by atoms with Gasteiger partial charge < -0.3 is 9.47 Å². The third-order valence-electron chi connectivity index (χ3n) is 5.87. The van der Waals surface area contributed by atoms with Gasteiger partial charge >= 0.3 is 11.9 Å². The molecule has 0 fully saturated rings. The minimum atomic E-state index is -0.188. The summed E-state index contributed by atoms with van der Waals surface area (Å²) in [6.07, 6.45) is 5.29. The van der Waals surface area contributed by atoms with Crippen LogP contribution in [0.2, 0.25) is 0 Å². The summed E-state index contributed by atoms with van der Waals surface area (Å²) in [6.45, 7) is 0. The highest BCUT2D eigenvalue weighted by Crippen LogP contribution is 2.53. The Morgan fingerprint density at radius 2 is 1.25 bits per heavy atom. The van der Waals surface area contributed by atoms with Crippen molar-refractivity contribution in [3.63, 3.8) is 0 Å². The standard InChI is InChI=1S/C24H28O4/c1-27-22(25)14-4-3-9-16-24(17-15-23(26)28-2)20-12-7-5-10-18(20)19-11-6-8-13-21(19)24/h5-8,10-13H,3-4,9,14-17H2,1-2H3. The van der Waals surface area contributed by atoms with E-state index >= 15 is 0 Å². The number of carbonyl (C=O) groups is 2. The van der Waals surface area contributed by atoms with Crippen molar-refractivity contribution in [2.45, 2.75) is 50.4 Å². The molecule has 0 atom stereocenters. The summed E-state index contributed by atoms with van der Waals surface area (Å²) < 4.78 is 9.65.